The SMILES string of the molecule is C[C@@H]1CN(C(=O)C2(C#N)CC2)C[C@]1(C)F. The average molecular weight is 210 g/mol. The van der Waals surface area contributed by atoms with Crippen LogP contribution in [-0.4, -0.2) is 29.6 Å². The Morgan fingerprint density at radius 1 is 1.60 bits per heavy atom. The summed E-state index contributed by atoms with van der Waals surface area (Å²) in [4.78, 5) is 13.4. The number of nitrogens with zero attached hydrogens (tertiary/aromatic N) is 2. The van der Waals surface area contributed by atoms with Crippen molar-refractivity contribution in [3.05, 3.63) is 0 Å². The van der Waals surface area contributed by atoms with Crippen molar-refractivity contribution in [2.75, 3.05) is 13.1 Å². The molecule has 1 amide bonds. The Bertz CT molecular complexity index is 341. The van der Waals surface area contributed by atoms with E-state index in [0.29, 0.717) is 19.4 Å². The topological polar surface area (TPSA) is 44.1 Å². The van der Waals surface area contributed by atoms with Gasteiger partial charge in [-0.2, -0.15) is 5.26 Å². The fourth-order valence-corrected chi connectivity index (χ4v) is 2.07. The molecular formula is C11H15FN2O. The van der Waals surface area contributed by atoms with Crippen molar-refractivity contribution in [2.24, 2.45) is 11.3 Å². The third-order valence-electron chi connectivity index (χ3n) is 3.68. The van der Waals surface area contributed by atoms with E-state index < -0.39 is 11.1 Å². The Kier molecular flexibility index (Phi) is 2.04. The lowest BCUT2D eigenvalue weighted by atomic mass is 9.97. The van der Waals surface area contributed by atoms with E-state index in [-0.39, 0.29) is 18.4 Å². The molecule has 1 aliphatic heterocycles. The van der Waals surface area contributed by atoms with Gasteiger partial charge in [0.25, 0.3) is 0 Å². The summed E-state index contributed by atoms with van der Waals surface area (Å²) in [7, 11) is 0. The smallest absolute Gasteiger partial charge is 0.243 e. The van der Waals surface area contributed by atoms with Gasteiger partial charge < -0.3 is 4.90 Å². The van der Waals surface area contributed by atoms with Crippen LogP contribution in [0, 0.1) is 22.7 Å². The number of likely N-dealkylation sites (tertiary alicyclic amines) is 1. The molecule has 0 aromatic rings. The van der Waals surface area contributed by atoms with Crippen molar-refractivity contribution in [3.8, 4) is 6.07 Å². The van der Waals surface area contributed by atoms with E-state index in [1.54, 1.807) is 6.92 Å². The quantitative estimate of drug-likeness (QED) is 0.658. The summed E-state index contributed by atoms with van der Waals surface area (Å²) in [5.41, 5.74) is -2.11. The molecule has 2 atom stereocenters. The maximum absolute atomic E-state index is 13.9. The van der Waals surface area contributed by atoms with E-state index in [4.69, 9.17) is 5.26 Å². The fraction of sp³-hybridized carbons (Fsp3) is 0.818. The summed E-state index contributed by atoms with van der Waals surface area (Å²) in [5.74, 6) is -0.311. The highest BCUT2D eigenvalue weighted by molar-refractivity contribution is 5.88. The molecule has 2 rings (SSSR count). The van der Waals surface area contributed by atoms with Gasteiger partial charge in [0.2, 0.25) is 5.91 Å². The number of carbonyl (C=O) groups excluding carboxylic acids is 1. The largest absolute Gasteiger partial charge is 0.338 e. The highest BCUT2D eigenvalue weighted by Crippen LogP contribution is 2.47. The lowest BCUT2D eigenvalue weighted by Crippen LogP contribution is -2.36. The average Bonchev–Trinajstić information content (AvgIpc) is 2.91. The molecule has 0 aromatic heterocycles. The van der Waals surface area contributed by atoms with Gasteiger partial charge in [-0.1, -0.05) is 6.92 Å². The molecule has 3 nitrogen and oxygen atoms in total. The van der Waals surface area contributed by atoms with Crippen LogP contribution in [-0.2, 0) is 4.79 Å². The second-order valence-electron chi connectivity index (χ2n) is 5.06. The van der Waals surface area contributed by atoms with E-state index in [2.05, 4.69) is 6.07 Å². The minimum absolute atomic E-state index is 0.135. The molecule has 2 fully saturated rings. The van der Waals surface area contributed by atoms with Gasteiger partial charge in [0.15, 0.2) is 0 Å². The fourth-order valence-electron chi connectivity index (χ4n) is 2.07. The maximum atomic E-state index is 13.9. The van der Waals surface area contributed by atoms with E-state index in [1.165, 1.54) is 11.8 Å². The molecule has 82 valence electrons. The summed E-state index contributed by atoms with van der Waals surface area (Å²) in [6, 6.07) is 2.06. The zero-order chi connectivity index (χ0) is 11.3. The number of nitriles is 1. The molecular weight excluding hydrogens is 195 g/mol. The summed E-state index contributed by atoms with van der Waals surface area (Å²) in [6.07, 6.45) is 1.27. The van der Waals surface area contributed by atoms with Crippen LogP contribution in [0.5, 0.6) is 0 Å². The second-order valence-corrected chi connectivity index (χ2v) is 5.06. The first-order valence-corrected chi connectivity index (χ1v) is 5.31. The number of hydrogen-bond acceptors (Lipinski definition) is 2. The summed E-state index contributed by atoms with van der Waals surface area (Å²) < 4.78 is 13.9. The summed E-state index contributed by atoms with van der Waals surface area (Å²) in [5, 5.41) is 8.89. The Morgan fingerprint density at radius 3 is 2.53 bits per heavy atom. The van der Waals surface area contributed by atoms with E-state index in [0.717, 1.165) is 0 Å². The molecule has 0 radical (unpaired) electrons. The predicted octanol–water partition coefficient (Wildman–Crippen LogP) is 1.50. The van der Waals surface area contributed by atoms with Crippen LogP contribution in [0.25, 0.3) is 0 Å². The van der Waals surface area contributed by atoms with Gasteiger partial charge in [0, 0.05) is 12.5 Å². The Hall–Kier alpha value is -1.11. The summed E-state index contributed by atoms with van der Waals surface area (Å²) >= 11 is 0. The minimum atomic E-state index is -1.30. The van der Waals surface area contributed by atoms with Gasteiger partial charge in [0.05, 0.1) is 12.6 Å². The van der Waals surface area contributed by atoms with Crippen LogP contribution in [0.15, 0.2) is 0 Å². The molecule has 4 heteroatoms. The van der Waals surface area contributed by atoms with Crippen molar-refractivity contribution < 1.29 is 9.18 Å². The molecule has 0 aromatic carbocycles. The number of halogens is 1. The highest BCUT2D eigenvalue weighted by atomic mass is 19.1. The first kappa shape index (κ1) is 10.4. The molecule has 1 saturated heterocycles. The van der Waals surface area contributed by atoms with Crippen LogP contribution >= 0.6 is 0 Å². The number of amides is 1. The first-order valence-electron chi connectivity index (χ1n) is 5.31. The molecule has 1 aliphatic carbocycles. The van der Waals surface area contributed by atoms with Crippen LogP contribution in [0.3, 0.4) is 0 Å². The molecule has 0 bridgehead atoms. The van der Waals surface area contributed by atoms with Crippen molar-refractivity contribution in [1.29, 1.82) is 5.26 Å². The van der Waals surface area contributed by atoms with Crippen LogP contribution in [0.4, 0.5) is 4.39 Å². The predicted molar refractivity (Wildman–Crippen MR) is 52.5 cm³/mol. The molecule has 15 heavy (non-hydrogen) atoms. The third-order valence-corrected chi connectivity index (χ3v) is 3.68. The Morgan fingerprint density at radius 2 is 2.20 bits per heavy atom. The number of alkyl halides is 1. The van der Waals surface area contributed by atoms with E-state index in [1.807, 2.05) is 0 Å². The molecule has 2 aliphatic rings. The maximum Gasteiger partial charge on any atom is 0.243 e. The van der Waals surface area contributed by atoms with E-state index >= 15 is 0 Å². The van der Waals surface area contributed by atoms with E-state index in [9.17, 15) is 9.18 Å². The van der Waals surface area contributed by atoms with Gasteiger partial charge in [-0.3, -0.25) is 4.79 Å². The molecule has 1 heterocycles. The van der Waals surface area contributed by atoms with Crippen LogP contribution in [0.1, 0.15) is 26.7 Å². The first-order chi connectivity index (χ1) is 6.91. The van der Waals surface area contributed by atoms with Gasteiger partial charge >= 0.3 is 0 Å². The van der Waals surface area contributed by atoms with Gasteiger partial charge in [-0.15, -0.1) is 0 Å². The third kappa shape index (κ3) is 1.50. The monoisotopic (exact) mass is 210 g/mol. The number of rotatable bonds is 1. The Labute approximate surface area is 88.9 Å². The van der Waals surface area contributed by atoms with Gasteiger partial charge in [-0.25, -0.2) is 4.39 Å². The van der Waals surface area contributed by atoms with Crippen LogP contribution in [0.2, 0.25) is 0 Å². The standard InChI is InChI=1S/C11H15FN2O/c1-8-5-14(7-10(8,2)12)9(15)11(6-13)3-4-11/h8H,3-5,7H2,1-2H3/t8-,10+/m1/s1. The zero-order valence-electron chi connectivity index (χ0n) is 9.09. The zero-order valence-corrected chi connectivity index (χ0v) is 9.09. The van der Waals surface area contributed by atoms with Gasteiger partial charge in [0.1, 0.15) is 11.1 Å². The van der Waals surface area contributed by atoms with Gasteiger partial charge in [-0.05, 0) is 19.8 Å². The highest BCUT2D eigenvalue weighted by Gasteiger charge is 2.55. The lowest BCUT2D eigenvalue weighted by Gasteiger charge is -2.19. The molecule has 0 N–H and O–H groups in total. The summed E-state index contributed by atoms with van der Waals surface area (Å²) in [6.45, 7) is 3.90. The van der Waals surface area contributed by atoms with Crippen molar-refractivity contribution in [3.63, 3.8) is 0 Å². The Balaban J connectivity index is 2.10. The number of hydrogen-bond donors (Lipinski definition) is 0. The molecule has 1 saturated carbocycles. The molecule has 0 unspecified atom stereocenters. The minimum Gasteiger partial charge on any atom is -0.338 e. The molecule has 0 spiro atoms. The number of carbonyl (C=O) groups is 1. The van der Waals surface area contributed by atoms with Crippen molar-refractivity contribution in [1.82, 2.24) is 4.90 Å². The second kappa shape index (κ2) is 2.94. The van der Waals surface area contributed by atoms with Crippen molar-refractivity contribution >= 4 is 5.91 Å². The lowest BCUT2D eigenvalue weighted by molar-refractivity contribution is -0.134. The van der Waals surface area contributed by atoms with Crippen molar-refractivity contribution in [2.45, 2.75) is 32.4 Å². The van der Waals surface area contributed by atoms with Crippen LogP contribution < -0.4 is 0 Å². The normalized spacial score (nSPS) is 37.5.